The summed E-state index contributed by atoms with van der Waals surface area (Å²) in [6.07, 6.45) is 3.45. The van der Waals surface area contributed by atoms with Gasteiger partial charge in [-0.05, 0) is 37.6 Å². The van der Waals surface area contributed by atoms with E-state index < -0.39 is 0 Å². The highest BCUT2D eigenvalue weighted by atomic mass is 16.5. The number of fused-ring (bicyclic) bond motifs is 1. The van der Waals surface area contributed by atoms with Crippen LogP contribution in [0.5, 0.6) is 5.75 Å². The molecule has 0 atom stereocenters. The number of aromatic nitrogens is 3. The number of ether oxygens (including phenoxy) is 1. The Morgan fingerprint density at radius 1 is 1.20 bits per heavy atom. The molecule has 0 amide bonds. The van der Waals surface area contributed by atoms with Crippen molar-refractivity contribution in [2.24, 2.45) is 0 Å². The van der Waals surface area contributed by atoms with Gasteiger partial charge in [-0.2, -0.15) is 0 Å². The van der Waals surface area contributed by atoms with E-state index in [0.29, 0.717) is 6.61 Å². The molecule has 1 N–H and O–H groups in total. The maximum atomic E-state index is 5.81. The van der Waals surface area contributed by atoms with Crippen molar-refractivity contribution in [1.82, 2.24) is 20.1 Å². The molecule has 5 heteroatoms. The van der Waals surface area contributed by atoms with Crippen LogP contribution in [0.15, 0.2) is 24.3 Å². The zero-order valence-electron chi connectivity index (χ0n) is 11.8. The first-order valence-electron chi connectivity index (χ1n) is 7.14. The van der Waals surface area contributed by atoms with Crippen molar-refractivity contribution in [3.8, 4) is 5.75 Å². The van der Waals surface area contributed by atoms with Gasteiger partial charge < -0.3 is 14.6 Å². The van der Waals surface area contributed by atoms with Gasteiger partial charge in [0.1, 0.15) is 18.2 Å². The van der Waals surface area contributed by atoms with E-state index in [-0.39, 0.29) is 0 Å². The van der Waals surface area contributed by atoms with Crippen LogP contribution in [-0.4, -0.2) is 21.8 Å². The van der Waals surface area contributed by atoms with E-state index in [1.807, 2.05) is 19.2 Å². The maximum absolute atomic E-state index is 5.81. The fourth-order valence-corrected chi connectivity index (χ4v) is 2.53. The Kier molecular flexibility index (Phi) is 3.97. The lowest BCUT2D eigenvalue weighted by molar-refractivity contribution is 0.286. The van der Waals surface area contributed by atoms with Crippen LogP contribution in [0.3, 0.4) is 0 Å². The van der Waals surface area contributed by atoms with E-state index in [4.69, 9.17) is 4.74 Å². The molecule has 1 aliphatic heterocycles. The summed E-state index contributed by atoms with van der Waals surface area (Å²) in [6, 6.07) is 8.15. The minimum absolute atomic E-state index is 0.484. The van der Waals surface area contributed by atoms with E-state index in [1.165, 1.54) is 18.4 Å². The Morgan fingerprint density at radius 3 is 2.85 bits per heavy atom. The van der Waals surface area contributed by atoms with Crippen molar-refractivity contribution in [3.63, 3.8) is 0 Å². The molecule has 0 unspecified atom stereocenters. The summed E-state index contributed by atoms with van der Waals surface area (Å²) in [6.45, 7) is 2.37. The summed E-state index contributed by atoms with van der Waals surface area (Å²) in [7, 11) is 1.94. The van der Waals surface area contributed by atoms with Crippen molar-refractivity contribution >= 4 is 0 Å². The number of nitrogens with zero attached hydrogens (tertiary/aromatic N) is 3. The Labute approximate surface area is 119 Å². The predicted molar refractivity (Wildman–Crippen MR) is 76.5 cm³/mol. The van der Waals surface area contributed by atoms with Gasteiger partial charge in [-0.15, -0.1) is 10.2 Å². The highest BCUT2D eigenvalue weighted by Crippen LogP contribution is 2.17. The Bertz CT molecular complexity index is 562. The highest BCUT2D eigenvalue weighted by molar-refractivity contribution is 5.27. The summed E-state index contributed by atoms with van der Waals surface area (Å²) in [5.74, 6) is 2.90. The minimum atomic E-state index is 0.484. The molecule has 20 heavy (non-hydrogen) atoms. The van der Waals surface area contributed by atoms with E-state index in [2.05, 4.69) is 32.2 Å². The zero-order chi connectivity index (χ0) is 13.8. The summed E-state index contributed by atoms with van der Waals surface area (Å²) in [5, 5.41) is 11.6. The van der Waals surface area contributed by atoms with Crippen molar-refractivity contribution in [3.05, 3.63) is 41.5 Å². The van der Waals surface area contributed by atoms with Crippen LogP contribution in [0.25, 0.3) is 0 Å². The Hall–Kier alpha value is -1.88. The van der Waals surface area contributed by atoms with Crippen LogP contribution in [0.4, 0.5) is 0 Å². The monoisotopic (exact) mass is 272 g/mol. The second-order valence-electron chi connectivity index (χ2n) is 5.10. The molecule has 0 bridgehead atoms. The number of aryl methyl sites for hydroxylation is 1. The lowest BCUT2D eigenvalue weighted by Crippen LogP contribution is -2.14. The van der Waals surface area contributed by atoms with Crippen LogP contribution in [-0.2, 0) is 26.1 Å². The van der Waals surface area contributed by atoms with E-state index >= 15 is 0 Å². The molecule has 0 saturated carbocycles. The first-order chi connectivity index (χ1) is 9.86. The molecule has 0 aliphatic carbocycles. The molecule has 1 aromatic heterocycles. The Balaban J connectivity index is 1.63. The first-order valence-corrected chi connectivity index (χ1v) is 7.14. The predicted octanol–water partition coefficient (Wildman–Crippen LogP) is 1.91. The molecule has 2 heterocycles. The molecular formula is C15H20N4O. The lowest BCUT2D eigenvalue weighted by atomic mass is 10.2. The quantitative estimate of drug-likeness (QED) is 0.903. The average Bonchev–Trinajstić information content (AvgIpc) is 2.90. The third-order valence-electron chi connectivity index (χ3n) is 3.61. The molecule has 0 saturated heterocycles. The van der Waals surface area contributed by atoms with Gasteiger partial charge in [0.05, 0.1) is 0 Å². The van der Waals surface area contributed by atoms with Crippen LogP contribution >= 0.6 is 0 Å². The van der Waals surface area contributed by atoms with Crippen LogP contribution in [0, 0.1) is 0 Å². The van der Waals surface area contributed by atoms with E-state index in [1.54, 1.807) is 0 Å². The van der Waals surface area contributed by atoms with Crippen molar-refractivity contribution in [1.29, 1.82) is 0 Å². The van der Waals surface area contributed by atoms with Gasteiger partial charge in [-0.1, -0.05) is 12.1 Å². The molecule has 0 spiro atoms. The van der Waals surface area contributed by atoms with Gasteiger partial charge >= 0.3 is 0 Å². The highest BCUT2D eigenvalue weighted by Gasteiger charge is 2.15. The second kappa shape index (κ2) is 6.05. The molecule has 3 rings (SSSR count). The van der Waals surface area contributed by atoms with Crippen molar-refractivity contribution in [2.45, 2.75) is 39.0 Å². The lowest BCUT2D eigenvalue weighted by Gasteiger charge is -2.15. The molecule has 1 aromatic carbocycles. The topological polar surface area (TPSA) is 52.0 Å². The van der Waals surface area contributed by atoms with Gasteiger partial charge in [0, 0.05) is 19.5 Å². The summed E-state index contributed by atoms with van der Waals surface area (Å²) in [5.41, 5.74) is 1.25. The molecule has 106 valence electrons. The van der Waals surface area contributed by atoms with Crippen LogP contribution < -0.4 is 10.1 Å². The molecule has 0 fully saturated rings. The number of rotatable bonds is 5. The summed E-state index contributed by atoms with van der Waals surface area (Å²) >= 11 is 0. The summed E-state index contributed by atoms with van der Waals surface area (Å²) < 4.78 is 8.00. The first kappa shape index (κ1) is 13.1. The number of nitrogens with one attached hydrogen (secondary N) is 1. The molecular weight excluding hydrogens is 252 g/mol. The number of hydrogen-bond acceptors (Lipinski definition) is 4. The standard InChI is InChI=1S/C15H20N4O/c1-16-10-12-5-7-13(8-6-12)20-11-15-18-17-14-4-2-3-9-19(14)15/h5-8,16H,2-4,9-11H2,1H3. The van der Waals surface area contributed by atoms with E-state index in [0.717, 1.165) is 36.9 Å². The average molecular weight is 272 g/mol. The van der Waals surface area contributed by atoms with Crippen LogP contribution in [0.1, 0.15) is 30.1 Å². The molecule has 2 aromatic rings. The molecule has 5 nitrogen and oxygen atoms in total. The van der Waals surface area contributed by atoms with Gasteiger partial charge in [-0.25, -0.2) is 0 Å². The minimum Gasteiger partial charge on any atom is -0.486 e. The van der Waals surface area contributed by atoms with Crippen molar-refractivity contribution in [2.75, 3.05) is 7.05 Å². The van der Waals surface area contributed by atoms with Gasteiger partial charge in [-0.3, -0.25) is 0 Å². The third-order valence-corrected chi connectivity index (χ3v) is 3.61. The Morgan fingerprint density at radius 2 is 2.05 bits per heavy atom. The SMILES string of the molecule is CNCc1ccc(OCc2nnc3n2CCCC3)cc1. The van der Waals surface area contributed by atoms with Gasteiger partial charge in [0.15, 0.2) is 5.82 Å². The van der Waals surface area contributed by atoms with Crippen LogP contribution in [0.2, 0.25) is 0 Å². The number of hydrogen-bond donors (Lipinski definition) is 1. The largest absolute Gasteiger partial charge is 0.486 e. The normalized spacial score (nSPS) is 14.1. The smallest absolute Gasteiger partial charge is 0.171 e. The van der Waals surface area contributed by atoms with Crippen molar-refractivity contribution < 1.29 is 4.74 Å². The fraction of sp³-hybridized carbons (Fsp3) is 0.467. The molecule has 0 radical (unpaired) electrons. The van der Waals surface area contributed by atoms with Gasteiger partial charge in [0.25, 0.3) is 0 Å². The van der Waals surface area contributed by atoms with E-state index in [9.17, 15) is 0 Å². The summed E-state index contributed by atoms with van der Waals surface area (Å²) in [4.78, 5) is 0. The number of benzene rings is 1. The van der Waals surface area contributed by atoms with Gasteiger partial charge in [0.2, 0.25) is 0 Å². The molecule has 1 aliphatic rings. The third kappa shape index (κ3) is 2.82. The maximum Gasteiger partial charge on any atom is 0.171 e. The fourth-order valence-electron chi connectivity index (χ4n) is 2.53. The zero-order valence-corrected chi connectivity index (χ0v) is 11.8. The second-order valence-corrected chi connectivity index (χ2v) is 5.10.